The fraction of sp³-hybridized carbons (Fsp3) is 0.235. The minimum atomic E-state index is -0.126. The van der Waals surface area contributed by atoms with Crippen LogP contribution in [-0.4, -0.2) is 20.0 Å². The van der Waals surface area contributed by atoms with Gasteiger partial charge in [-0.1, -0.05) is 35.4 Å². The van der Waals surface area contributed by atoms with E-state index in [1.165, 1.54) is 14.2 Å². The van der Waals surface area contributed by atoms with Gasteiger partial charge in [0.05, 0.1) is 19.2 Å². The van der Waals surface area contributed by atoms with Crippen LogP contribution in [-0.2, 0) is 0 Å². The zero-order chi connectivity index (χ0) is 15.6. The molecule has 0 aliphatic heterocycles. The van der Waals surface area contributed by atoms with E-state index in [0.717, 1.165) is 11.1 Å². The Morgan fingerprint density at radius 3 is 2.14 bits per heavy atom. The maximum absolute atomic E-state index is 12.7. The molecule has 0 saturated carbocycles. The molecule has 0 saturated heterocycles. The molecule has 0 N–H and O–H groups in total. The molecule has 0 unspecified atom stereocenters. The first-order valence-electron chi connectivity index (χ1n) is 6.51. The monoisotopic (exact) mass is 304 g/mol. The Balaban J connectivity index is 2.53. The molecular weight excluding hydrogens is 288 g/mol. The van der Waals surface area contributed by atoms with E-state index in [1.54, 1.807) is 12.1 Å². The molecule has 0 radical (unpaired) electrons. The van der Waals surface area contributed by atoms with Crippen molar-refractivity contribution in [2.75, 3.05) is 14.2 Å². The van der Waals surface area contributed by atoms with Crippen molar-refractivity contribution < 1.29 is 14.3 Å². The number of carbonyl (C=O) groups excluding carboxylic acids is 1. The second kappa shape index (κ2) is 6.19. The van der Waals surface area contributed by atoms with E-state index < -0.39 is 0 Å². The van der Waals surface area contributed by atoms with Crippen molar-refractivity contribution in [2.24, 2.45) is 0 Å². The molecule has 2 aromatic rings. The number of halogens is 1. The number of carbonyl (C=O) groups is 1. The third-order valence-electron chi connectivity index (χ3n) is 3.34. The predicted octanol–water partition coefficient (Wildman–Crippen LogP) is 4.21. The van der Waals surface area contributed by atoms with Crippen LogP contribution < -0.4 is 9.47 Å². The smallest absolute Gasteiger partial charge is 0.194 e. The zero-order valence-electron chi connectivity index (χ0n) is 12.5. The fourth-order valence-electron chi connectivity index (χ4n) is 2.24. The van der Waals surface area contributed by atoms with Gasteiger partial charge in [-0.2, -0.15) is 0 Å². The third-order valence-corrected chi connectivity index (χ3v) is 3.66. The van der Waals surface area contributed by atoms with E-state index in [-0.39, 0.29) is 5.78 Å². The van der Waals surface area contributed by atoms with Crippen molar-refractivity contribution in [2.45, 2.75) is 13.8 Å². The van der Waals surface area contributed by atoms with Crippen LogP contribution in [0.5, 0.6) is 11.5 Å². The van der Waals surface area contributed by atoms with Crippen LogP contribution in [0.2, 0.25) is 5.02 Å². The van der Waals surface area contributed by atoms with Crippen molar-refractivity contribution in [3.05, 3.63) is 57.6 Å². The first-order chi connectivity index (χ1) is 9.97. The minimum Gasteiger partial charge on any atom is -0.493 e. The molecule has 110 valence electrons. The lowest BCUT2D eigenvalue weighted by Crippen LogP contribution is -2.06. The van der Waals surface area contributed by atoms with Crippen molar-refractivity contribution in [3.63, 3.8) is 0 Å². The van der Waals surface area contributed by atoms with Crippen molar-refractivity contribution >= 4 is 17.4 Å². The Labute approximate surface area is 129 Å². The number of methoxy groups -OCH3 is 2. The molecule has 0 bridgehead atoms. The quantitative estimate of drug-likeness (QED) is 0.794. The van der Waals surface area contributed by atoms with Gasteiger partial charge in [0.25, 0.3) is 0 Å². The molecule has 0 aliphatic rings. The van der Waals surface area contributed by atoms with Crippen LogP contribution in [0.25, 0.3) is 0 Å². The number of hydrogen-bond donors (Lipinski definition) is 0. The summed E-state index contributed by atoms with van der Waals surface area (Å²) < 4.78 is 10.4. The summed E-state index contributed by atoms with van der Waals surface area (Å²) in [5.41, 5.74) is 3.07. The molecule has 2 rings (SSSR count). The topological polar surface area (TPSA) is 35.5 Å². The molecule has 2 aromatic carbocycles. The normalized spacial score (nSPS) is 10.3. The molecule has 0 aliphatic carbocycles. The SMILES string of the molecule is COc1cc(Cl)c(C(=O)c2ccc(C)cc2C)cc1OC. The number of aryl methyl sites for hydroxylation is 2. The molecule has 0 atom stereocenters. The van der Waals surface area contributed by atoms with Crippen molar-refractivity contribution in [3.8, 4) is 11.5 Å². The summed E-state index contributed by atoms with van der Waals surface area (Å²) >= 11 is 6.21. The summed E-state index contributed by atoms with van der Waals surface area (Å²) in [7, 11) is 3.05. The summed E-state index contributed by atoms with van der Waals surface area (Å²) in [5.74, 6) is 0.855. The predicted molar refractivity (Wildman–Crippen MR) is 83.9 cm³/mol. The van der Waals surface area contributed by atoms with E-state index in [4.69, 9.17) is 21.1 Å². The van der Waals surface area contributed by atoms with E-state index in [9.17, 15) is 4.79 Å². The van der Waals surface area contributed by atoms with E-state index >= 15 is 0 Å². The highest BCUT2D eigenvalue weighted by atomic mass is 35.5. The van der Waals surface area contributed by atoms with Crippen LogP contribution >= 0.6 is 11.6 Å². The van der Waals surface area contributed by atoms with Crippen molar-refractivity contribution in [1.82, 2.24) is 0 Å². The van der Waals surface area contributed by atoms with Gasteiger partial charge in [0.2, 0.25) is 0 Å². The Morgan fingerprint density at radius 2 is 1.57 bits per heavy atom. The Kier molecular flexibility index (Phi) is 4.53. The second-order valence-electron chi connectivity index (χ2n) is 4.83. The van der Waals surface area contributed by atoms with E-state index in [1.807, 2.05) is 32.0 Å². The number of ketones is 1. The second-order valence-corrected chi connectivity index (χ2v) is 5.24. The first kappa shape index (κ1) is 15.4. The number of rotatable bonds is 4. The van der Waals surface area contributed by atoms with Crippen molar-refractivity contribution in [1.29, 1.82) is 0 Å². The van der Waals surface area contributed by atoms with Gasteiger partial charge in [-0.3, -0.25) is 4.79 Å². The molecule has 0 amide bonds. The van der Waals surface area contributed by atoms with Gasteiger partial charge < -0.3 is 9.47 Å². The van der Waals surface area contributed by atoms with Gasteiger partial charge >= 0.3 is 0 Å². The van der Waals surface area contributed by atoms with Crippen LogP contribution in [0.3, 0.4) is 0 Å². The van der Waals surface area contributed by atoms with Gasteiger partial charge in [0, 0.05) is 17.2 Å². The summed E-state index contributed by atoms with van der Waals surface area (Å²) in [4.78, 5) is 12.7. The maximum Gasteiger partial charge on any atom is 0.194 e. The lowest BCUT2D eigenvalue weighted by molar-refractivity contribution is 0.103. The molecule has 21 heavy (non-hydrogen) atoms. The van der Waals surface area contributed by atoms with Gasteiger partial charge in [-0.05, 0) is 25.5 Å². The maximum atomic E-state index is 12.7. The third kappa shape index (κ3) is 3.03. The molecular formula is C17H17ClO3. The Morgan fingerprint density at radius 1 is 0.952 bits per heavy atom. The summed E-state index contributed by atoms with van der Waals surface area (Å²) in [6, 6.07) is 8.91. The Hall–Kier alpha value is -2.00. The average Bonchev–Trinajstić information content (AvgIpc) is 2.46. The molecule has 3 nitrogen and oxygen atoms in total. The minimum absolute atomic E-state index is 0.126. The van der Waals surface area contributed by atoms with Crippen LogP contribution in [0, 0.1) is 13.8 Å². The molecule has 0 fully saturated rings. The summed E-state index contributed by atoms with van der Waals surface area (Å²) in [6.45, 7) is 3.90. The molecule has 0 spiro atoms. The summed E-state index contributed by atoms with van der Waals surface area (Å²) in [6.07, 6.45) is 0. The van der Waals surface area contributed by atoms with Crippen LogP contribution in [0.15, 0.2) is 30.3 Å². The average molecular weight is 305 g/mol. The van der Waals surface area contributed by atoms with Gasteiger partial charge in [0.15, 0.2) is 17.3 Å². The van der Waals surface area contributed by atoms with E-state index in [2.05, 4.69) is 0 Å². The lowest BCUT2D eigenvalue weighted by Gasteiger charge is -2.12. The number of benzene rings is 2. The summed E-state index contributed by atoms with van der Waals surface area (Å²) in [5, 5.41) is 0.345. The molecule has 0 heterocycles. The van der Waals surface area contributed by atoms with Crippen LogP contribution in [0.1, 0.15) is 27.0 Å². The standard InChI is InChI=1S/C17H17ClO3/c1-10-5-6-12(11(2)7-10)17(19)13-8-15(20-3)16(21-4)9-14(13)18/h5-9H,1-4H3. The van der Waals surface area contributed by atoms with Gasteiger partial charge in [0.1, 0.15) is 0 Å². The molecule has 0 aromatic heterocycles. The van der Waals surface area contributed by atoms with Gasteiger partial charge in [-0.25, -0.2) is 0 Å². The largest absolute Gasteiger partial charge is 0.493 e. The fourth-order valence-corrected chi connectivity index (χ4v) is 2.48. The zero-order valence-corrected chi connectivity index (χ0v) is 13.2. The highest BCUT2D eigenvalue weighted by molar-refractivity contribution is 6.35. The van der Waals surface area contributed by atoms with Crippen LogP contribution in [0.4, 0.5) is 0 Å². The Bertz CT molecular complexity index is 693. The van der Waals surface area contributed by atoms with Gasteiger partial charge in [-0.15, -0.1) is 0 Å². The highest BCUT2D eigenvalue weighted by Gasteiger charge is 2.18. The lowest BCUT2D eigenvalue weighted by atomic mass is 9.97. The first-order valence-corrected chi connectivity index (χ1v) is 6.89. The number of ether oxygens (including phenoxy) is 2. The highest BCUT2D eigenvalue weighted by Crippen LogP contribution is 2.34. The number of hydrogen-bond acceptors (Lipinski definition) is 3. The molecule has 4 heteroatoms. The van der Waals surface area contributed by atoms with E-state index in [0.29, 0.717) is 27.6 Å².